The minimum absolute atomic E-state index is 0.158. The van der Waals surface area contributed by atoms with E-state index in [1.807, 2.05) is 50.4 Å². The highest BCUT2D eigenvalue weighted by molar-refractivity contribution is 6.11. The zero-order chi connectivity index (χ0) is 24.3. The molecule has 3 heterocycles. The number of aryl methyl sites for hydroxylation is 4. The lowest BCUT2D eigenvalue weighted by Gasteiger charge is -2.11. The average Bonchev–Trinajstić information content (AvgIpc) is 3.17. The highest BCUT2D eigenvalue weighted by Crippen LogP contribution is 2.37. The standard InChI is InChI=1S/C30H25N3O2/c1-17-12-13-31-27(14-17)33-24-7-5-6-18(2)29(24)23-9-8-21(16-25(23)33)35-28-11-10-22-20(4)19(3)15-26(34)30(22)32-28/h5-16,34H,1-4H3. The van der Waals surface area contributed by atoms with Crippen LogP contribution in [0.4, 0.5) is 0 Å². The second-order valence-electron chi connectivity index (χ2n) is 9.16. The van der Waals surface area contributed by atoms with Crippen LogP contribution in [0.15, 0.2) is 72.9 Å². The number of aromatic hydroxyl groups is 1. The molecule has 0 saturated heterocycles. The Balaban J connectivity index is 1.53. The Hall–Kier alpha value is -4.38. The summed E-state index contributed by atoms with van der Waals surface area (Å²) in [6.07, 6.45) is 1.84. The Kier molecular flexibility index (Phi) is 4.74. The molecular weight excluding hydrogens is 434 g/mol. The van der Waals surface area contributed by atoms with Crippen LogP contribution < -0.4 is 4.74 Å². The first-order valence-electron chi connectivity index (χ1n) is 11.7. The smallest absolute Gasteiger partial charge is 0.219 e. The van der Waals surface area contributed by atoms with Gasteiger partial charge in [-0.3, -0.25) is 4.57 Å². The van der Waals surface area contributed by atoms with E-state index in [4.69, 9.17) is 4.74 Å². The van der Waals surface area contributed by atoms with Crippen molar-refractivity contribution in [1.82, 2.24) is 14.5 Å². The largest absolute Gasteiger partial charge is 0.506 e. The van der Waals surface area contributed by atoms with E-state index in [0.29, 0.717) is 17.1 Å². The van der Waals surface area contributed by atoms with Gasteiger partial charge in [-0.05, 0) is 92.4 Å². The van der Waals surface area contributed by atoms with Crippen molar-refractivity contribution < 1.29 is 9.84 Å². The molecule has 5 nitrogen and oxygen atoms in total. The van der Waals surface area contributed by atoms with Gasteiger partial charge in [-0.15, -0.1) is 0 Å². The van der Waals surface area contributed by atoms with Crippen LogP contribution in [0.1, 0.15) is 22.3 Å². The molecule has 3 aromatic carbocycles. The molecular formula is C30H25N3O2. The van der Waals surface area contributed by atoms with Gasteiger partial charge in [0.15, 0.2) is 0 Å². The van der Waals surface area contributed by atoms with Crippen molar-refractivity contribution in [3.8, 4) is 23.2 Å². The van der Waals surface area contributed by atoms with Crippen LogP contribution in [0.25, 0.3) is 38.5 Å². The summed E-state index contributed by atoms with van der Waals surface area (Å²) in [5.74, 6) is 2.13. The van der Waals surface area contributed by atoms with Crippen molar-refractivity contribution in [2.24, 2.45) is 0 Å². The number of phenols is 1. The van der Waals surface area contributed by atoms with E-state index in [1.54, 1.807) is 6.07 Å². The third-order valence-electron chi connectivity index (χ3n) is 6.78. The van der Waals surface area contributed by atoms with E-state index in [1.165, 1.54) is 10.9 Å². The van der Waals surface area contributed by atoms with Crippen LogP contribution in [-0.4, -0.2) is 19.6 Å². The molecule has 0 amide bonds. The van der Waals surface area contributed by atoms with E-state index in [9.17, 15) is 5.11 Å². The van der Waals surface area contributed by atoms with Gasteiger partial charge >= 0.3 is 0 Å². The Labute approximate surface area is 203 Å². The van der Waals surface area contributed by atoms with Crippen molar-refractivity contribution >= 4 is 32.7 Å². The molecule has 0 atom stereocenters. The summed E-state index contributed by atoms with van der Waals surface area (Å²) in [7, 11) is 0. The van der Waals surface area contributed by atoms with Gasteiger partial charge in [0, 0.05) is 34.5 Å². The molecule has 0 bridgehead atoms. The Morgan fingerprint density at radius 1 is 0.800 bits per heavy atom. The Morgan fingerprint density at radius 2 is 1.63 bits per heavy atom. The van der Waals surface area contributed by atoms with Gasteiger partial charge in [-0.1, -0.05) is 12.1 Å². The molecule has 0 radical (unpaired) electrons. The summed E-state index contributed by atoms with van der Waals surface area (Å²) in [6, 6.07) is 22.1. The van der Waals surface area contributed by atoms with Crippen LogP contribution in [0.5, 0.6) is 17.4 Å². The van der Waals surface area contributed by atoms with E-state index < -0.39 is 0 Å². The Bertz CT molecular complexity index is 1780. The van der Waals surface area contributed by atoms with Crippen molar-refractivity contribution in [3.63, 3.8) is 0 Å². The van der Waals surface area contributed by atoms with Crippen LogP contribution in [0.2, 0.25) is 0 Å². The first kappa shape index (κ1) is 21.2. The molecule has 3 aromatic heterocycles. The highest BCUT2D eigenvalue weighted by atomic mass is 16.5. The van der Waals surface area contributed by atoms with E-state index >= 15 is 0 Å². The third-order valence-corrected chi connectivity index (χ3v) is 6.78. The Morgan fingerprint density at radius 3 is 2.46 bits per heavy atom. The van der Waals surface area contributed by atoms with Crippen molar-refractivity contribution in [1.29, 1.82) is 0 Å². The minimum atomic E-state index is 0.158. The molecule has 5 heteroatoms. The van der Waals surface area contributed by atoms with E-state index in [0.717, 1.165) is 44.3 Å². The number of hydrogen-bond acceptors (Lipinski definition) is 4. The predicted octanol–water partition coefficient (Wildman–Crippen LogP) is 7.46. The molecule has 0 unspecified atom stereocenters. The molecule has 1 N–H and O–H groups in total. The molecule has 0 aliphatic rings. The lowest BCUT2D eigenvalue weighted by molar-refractivity contribution is 0.460. The summed E-state index contributed by atoms with van der Waals surface area (Å²) in [5, 5.41) is 13.7. The first-order valence-corrected chi connectivity index (χ1v) is 11.7. The van der Waals surface area contributed by atoms with Gasteiger partial charge in [0.1, 0.15) is 22.8 Å². The van der Waals surface area contributed by atoms with Crippen LogP contribution in [-0.2, 0) is 0 Å². The maximum Gasteiger partial charge on any atom is 0.219 e. The number of ether oxygens (including phenoxy) is 1. The van der Waals surface area contributed by atoms with E-state index in [-0.39, 0.29) is 5.75 Å². The quantitative estimate of drug-likeness (QED) is 0.298. The summed E-state index contributed by atoms with van der Waals surface area (Å²) in [5.41, 5.74) is 7.16. The zero-order valence-electron chi connectivity index (χ0n) is 20.1. The van der Waals surface area contributed by atoms with Gasteiger partial charge in [0.05, 0.1) is 11.0 Å². The van der Waals surface area contributed by atoms with Gasteiger partial charge in [0.2, 0.25) is 5.88 Å². The fourth-order valence-electron chi connectivity index (χ4n) is 4.89. The fourth-order valence-corrected chi connectivity index (χ4v) is 4.89. The number of nitrogens with zero attached hydrogens (tertiary/aromatic N) is 3. The SMILES string of the molecule is Cc1ccnc(-n2c3cc(Oc4ccc5c(C)c(C)cc(O)c5n4)ccc3c3c(C)cccc32)c1. The number of benzene rings is 3. The van der Waals surface area contributed by atoms with Gasteiger partial charge in [-0.2, -0.15) is 0 Å². The average molecular weight is 460 g/mol. The normalized spacial score (nSPS) is 11.5. The molecule has 0 aliphatic heterocycles. The van der Waals surface area contributed by atoms with Crippen LogP contribution >= 0.6 is 0 Å². The summed E-state index contributed by atoms with van der Waals surface area (Å²) < 4.78 is 8.39. The first-order chi connectivity index (χ1) is 16.9. The molecule has 0 fully saturated rings. The van der Waals surface area contributed by atoms with Gasteiger partial charge in [-0.25, -0.2) is 9.97 Å². The van der Waals surface area contributed by atoms with Crippen LogP contribution in [0, 0.1) is 27.7 Å². The van der Waals surface area contributed by atoms with E-state index in [2.05, 4.69) is 58.7 Å². The summed E-state index contributed by atoms with van der Waals surface area (Å²) >= 11 is 0. The number of hydrogen-bond donors (Lipinski definition) is 1. The second kappa shape index (κ2) is 7.84. The number of pyridine rings is 2. The van der Waals surface area contributed by atoms with Crippen LogP contribution in [0.3, 0.4) is 0 Å². The van der Waals surface area contributed by atoms with Crippen molar-refractivity contribution in [2.45, 2.75) is 27.7 Å². The fraction of sp³-hybridized carbons (Fsp3) is 0.133. The highest BCUT2D eigenvalue weighted by Gasteiger charge is 2.16. The maximum absolute atomic E-state index is 10.5. The molecule has 172 valence electrons. The summed E-state index contributed by atoms with van der Waals surface area (Å²) in [4.78, 5) is 9.28. The summed E-state index contributed by atoms with van der Waals surface area (Å²) in [6.45, 7) is 8.23. The molecule has 6 aromatic rings. The lowest BCUT2D eigenvalue weighted by atomic mass is 10.0. The molecule has 35 heavy (non-hydrogen) atoms. The van der Waals surface area contributed by atoms with Gasteiger partial charge in [0.25, 0.3) is 0 Å². The zero-order valence-corrected chi connectivity index (χ0v) is 20.1. The topological polar surface area (TPSA) is 60.2 Å². The number of rotatable bonds is 3. The second-order valence-corrected chi connectivity index (χ2v) is 9.16. The minimum Gasteiger partial charge on any atom is -0.506 e. The van der Waals surface area contributed by atoms with Gasteiger partial charge < -0.3 is 9.84 Å². The number of aromatic nitrogens is 3. The van der Waals surface area contributed by atoms with Crippen molar-refractivity contribution in [2.75, 3.05) is 0 Å². The number of fused-ring (bicyclic) bond motifs is 4. The maximum atomic E-state index is 10.5. The third kappa shape index (κ3) is 3.39. The monoisotopic (exact) mass is 459 g/mol. The predicted molar refractivity (Wildman–Crippen MR) is 141 cm³/mol. The van der Waals surface area contributed by atoms with Crippen molar-refractivity contribution in [3.05, 3.63) is 95.2 Å². The molecule has 6 rings (SSSR count). The molecule has 0 spiro atoms. The lowest BCUT2D eigenvalue weighted by Crippen LogP contribution is -1.98. The number of phenolic OH excluding ortho intramolecular Hbond substituents is 1. The molecule has 0 saturated carbocycles. The molecule has 0 aliphatic carbocycles.